The third kappa shape index (κ3) is 4.02. The molecule has 3 aromatic rings. The van der Waals surface area contributed by atoms with Gasteiger partial charge in [-0.15, -0.1) is 0 Å². The maximum absolute atomic E-state index is 11.9. The van der Waals surface area contributed by atoms with Gasteiger partial charge in [-0.25, -0.2) is 5.43 Å². The third-order valence-corrected chi connectivity index (χ3v) is 3.66. The van der Waals surface area contributed by atoms with Gasteiger partial charge in [-0.1, -0.05) is 17.7 Å². The summed E-state index contributed by atoms with van der Waals surface area (Å²) in [5.74, 6) is 0.678. The van der Waals surface area contributed by atoms with Crippen LogP contribution < -0.4 is 5.43 Å². The van der Waals surface area contributed by atoms with Gasteiger partial charge in [0.2, 0.25) is 0 Å². The number of nitrogens with one attached hydrogen (secondary N) is 1. The number of hydrogen-bond donors (Lipinski definition) is 1. The highest BCUT2D eigenvalue weighted by atomic mass is 16.6. The minimum absolute atomic E-state index is 0.0147. The Morgan fingerprint density at radius 1 is 1.08 bits per heavy atom. The lowest BCUT2D eigenvalue weighted by Gasteiger charge is -1.99. The molecular formula is C19H15N3O4. The number of hydrogen-bond acceptors (Lipinski definition) is 5. The highest BCUT2D eigenvalue weighted by Gasteiger charge is 2.08. The number of furan rings is 1. The number of hydrazone groups is 1. The second-order valence-electron chi connectivity index (χ2n) is 5.57. The topological polar surface area (TPSA) is 97.7 Å². The van der Waals surface area contributed by atoms with E-state index in [2.05, 4.69) is 10.5 Å². The maximum atomic E-state index is 11.9. The quantitative estimate of drug-likeness (QED) is 0.429. The lowest BCUT2D eigenvalue weighted by atomic mass is 10.1. The molecule has 0 spiro atoms. The predicted octanol–water partition coefficient (Wildman–Crippen LogP) is 3.93. The minimum Gasteiger partial charge on any atom is -0.455 e. The smallest absolute Gasteiger partial charge is 0.271 e. The summed E-state index contributed by atoms with van der Waals surface area (Å²) < 4.78 is 5.60. The van der Waals surface area contributed by atoms with E-state index in [9.17, 15) is 14.9 Å². The Hall–Kier alpha value is -3.74. The Morgan fingerprint density at radius 2 is 1.77 bits per heavy atom. The fourth-order valence-corrected chi connectivity index (χ4v) is 2.25. The van der Waals surface area contributed by atoms with E-state index in [1.54, 1.807) is 36.4 Å². The van der Waals surface area contributed by atoms with Crippen LogP contribution >= 0.6 is 0 Å². The number of rotatable bonds is 5. The first-order chi connectivity index (χ1) is 12.5. The van der Waals surface area contributed by atoms with Gasteiger partial charge in [0.15, 0.2) is 0 Å². The summed E-state index contributed by atoms with van der Waals surface area (Å²) in [4.78, 5) is 22.2. The van der Waals surface area contributed by atoms with Crippen LogP contribution in [0, 0.1) is 17.0 Å². The van der Waals surface area contributed by atoms with Crippen LogP contribution in [-0.4, -0.2) is 17.0 Å². The van der Waals surface area contributed by atoms with Gasteiger partial charge >= 0.3 is 0 Å². The largest absolute Gasteiger partial charge is 0.455 e. The van der Waals surface area contributed by atoms with Crippen molar-refractivity contribution in [2.45, 2.75) is 6.92 Å². The molecule has 0 aliphatic rings. The number of benzene rings is 2. The van der Waals surface area contributed by atoms with E-state index in [-0.39, 0.29) is 11.6 Å². The number of carbonyl (C=O) groups is 1. The summed E-state index contributed by atoms with van der Waals surface area (Å²) in [6, 6.07) is 16.6. The number of aryl methyl sites for hydroxylation is 1. The third-order valence-electron chi connectivity index (χ3n) is 3.66. The first kappa shape index (κ1) is 17.1. The normalized spacial score (nSPS) is 10.8. The Morgan fingerprint density at radius 3 is 2.42 bits per heavy atom. The van der Waals surface area contributed by atoms with Gasteiger partial charge in [0, 0.05) is 23.3 Å². The summed E-state index contributed by atoms with van der Waals surface area (Å²) >= 11 is 0. The fraction of sp³-hybridized carbons (Fsp3) is 0.0526. The number of non-ortho nitro benzene ring substituents is 1. The van der Waals surface area contributed by atoms with Crippen molar-refractivity contribution in [3.05, 3.63) is 87.7 Å². The molecule has 1 N–H and O–H groups in total. The van der Waals surface area contributed by atoms with E-state index < -0.39 is 4.92 Å². The molecule has 130 valence electrons. The van der Waals surface area contributed by atoms with E-state index in [1.807, 2.05) is 19.1 Å². The molecule has 1 aromatic heterocycles. The van der Waals surface area contributed by atoms with Gasteiger partial charge in [-0.3, -0.25) is 14.9 Å². The van der Waals surface area contributed by atoms with Crippen molar-refractivity contribution in [2.24, 2.45) is 5.10 Å². The van der Waals surface area contributed by atoms with E-state index in [0.717, 1.165) is 5.56 Å². The van der Waals surface area contributed by atoms with Crippen LogP contribution in [0.1, 0.15) is 21.7 Å². The zero-order valence-corrected chi connectivity index (χ0v) is 13.9. The number of carbonyl (C=O) groups excluding carboxylic acids is 1. The second-order valence-corrected chi connectivity index (χ2v) is 5.57. The molecule has 0 atom stereocenters. The molecule has 0 saturated carbocycles. The van der Waals surface area contributed by atoms with Gasteiger partial charge in [0.25, 0.3) is 11.6 Å². The maximum Gasteiger partial charge on any atom is 0.271 e. The fourth-order valence-electron chi connectivity index (χ4n) is 2.25. The SMILES string of the molecule is Cc1ccc(C(=O)N/N=C\c2ccc(-c3ccc([N+](=O)[O-])cc3)o2)cc1. The standard InChI is InChI=1S/C19H15N3O4/c1-13-2-4-15(5-3-13)19(23)21-20-12-17-10-11-18(26-17)14-6-8-16(9-7-14)22(24)25/h2-12H,1H3,(H,21,23)/b20-12-. The molecule has 26 heavy (non-hydrogen) atoms. The summed E-state index contributed by atoms with van der Waals surface area (Å²) in [5.41, 5.74) is 4.74. The molecule has 1 heterocycles. The first-order valence-corrected chi connectivity index (χ1v) is 7.78. The van der Waals surface area contributed by atoms with Gasteiger partial charge < -0.3 is 4.42 Å². The van der Waals surface area contributed by atoms with Crippen LogP contribution in [0.15, 0.2) is 70.2 Å². The lowest BCUT2D eigenvalue weighted by Crippen LogP contribution is -2.17. The Balaban J connectivity index is 1.64. The molecular weight excluding hydrogens is 334 g/mol. The first-order valence-electron chi connectivity index (χ1n) is 7.78. The highest BCUT2D eigenvalue weighted by Crippen LogP contribution is 2.23. The Bertz CT molecular complexity index is 957. The molecule has 0 saturated heterocycles. The summed E-state index contributed by atoms with van der Waals surface area (Å²) in [6.45, 7) is 1.94. The minimum atomic E-state index is -0.458. The number of nitro benzene ring substituents is 1. The summed E-state index contributed by atoms with van der Waals surface area (Å²) in [6.07, 6.45) is 1.39. The Kier molecular flexibility index (Phi) is 4.89. The molecule has 3 rings (SSSR count). The summed E-state index contributed by atoms with van der Waals surface area (Å²) in [7, 11) is 0. The van der Waals surface area contributed by atoms with E-state index in [1.165, 1.54) is 18.3 Å². The van der Waals surface area contributed by atoms with E-state index >= 15 is 0 Å². The van der Waals surface area contributed by atoms with Crippen LogP contribution in [0.25, 0.3) is 11.3 Å². The summed E-state index contributed by atoms with van der Waals surface area (Å²) in [5, 5.41) is 14.6. The average molecular weight is 349 g/mol. The molecule has 1 amide bonds. The molecule has 0 radical (unpaired) electrons. The van der Waals surface area contributed by atoms with Crippen molar-refractivity contribution in [1.29, 1.82) is 0 Å². The molecule has 0 fully saturated rings. The number of nitrogens with zero attached hydrogens (tertiary/aromatic N) is 2. The van der Waals surface area contributed by atoms with Gasteiger partial charge in [-0.05, 0) is 43.3 Å². The monoisotopic (exact) mass is 349 g/mol. The molecule has 0 bridgehead atoms. The number of nitro groups is 1. The molecule has 0 unspecified atom stereocenters. The molecule has 7 nitrogen and oxygen atoms in total. The van der Waals surface area contributed by atoms with Crippen LogP contribution in [0.3, 0.4) is 0 Å². The average Bonchev–Trinajstić information content (AvgIpc) is 3.11. The van der Waals surface area contributed by atoms with Crippen LogP contribution in [0.2, 0.25) is 0 Å². The molecule has 0 aliphatic carbocycles. The highest BCUT2D eigenvalue weighted by molar-refractivity contribution is 5.94. The van der Waals surface area contributed by atoms with Crippen molar-refractivity contribution >= 4 is 17.8 Å². The van der Waals surface area contributed by atoms with Crippen molar-refractivity contribution in [3.8, 4) is 11.3 Å². The molecule has 7 heteroatoms. The van der Waals surface area contributed by atoms with Crippen molar-refractivity contribution in [1.82, 2.24) is 5.43 Å². The number of amides is 1. The van der Waals surface area contributed by atoms with Crippen LogP contribution in [-0.2, 0) is 0 Å². The van der Waals surface area contributed by atoms with E-state index in [4.69, 9.17) is 4.42 Å². The molecule has 2 aromatic carbocycles. The van der Waals surface area contributed by atoms with Crippen molar-refractivity contribution in [2.75, 3.05) is 0 Å². The van der Waals surface area contributed by atoms with Crippen molar-refractivity contribution < 1.29 is 14.1 Å². The lowest BCUT2D eigenvalue weighted by molar-refractivity contribution is -0.384. The van der Waals surface area contributed by atoms with E-state index in [0.29, 0.717) is 22.6 Å². The van der Waals surface area contributed by atoms with Gasteiger partial charge in [-0.2, -0.15) is 5.10 Å². The van der Waals surface area contributed by atoms with Crippen LogP contribution in [0.5, 0.6) is 0 Å². The zero-order chi connectivity index (χ0) is 18.5. The zero-order valence-electron chi connectivity index (χ0n) is 13.9. The van der Waals surface area contributed by atoms with Gasteiger partial charge in [0.05, 0.1) is 11.1 Å². The Labute approximate surface area is 149 Å². The van der Waals surface area contributed by atoms with Gasteiger partial charge in [0.1, 0.15) is 11.5 Å². The van der Waals surface area contributed by atoms with Crippen molar-refractivity contribution in [3.63, 3.8) is 0 Å². The van der Waals surface area contributed by atoms with Crippen LogP contribution in [0.4, 0.5) is 5.69 Å². The predicted molar refractivity (Wildman–Crippen MR) is 97.0 cm³/mol. The second kappa shape index (κ2) is 7.43. The molecule has 0 aliphatic heterocycles.